The van der Waals surface area contributed by atoms with Crippen LogP contribution in [0.1, 0.15) is 56.0 Å². The van der Waals surface area contributed by atoms with Crippen molar-refractivity contribution in [2.75, 3.05) is 20.5 Å². The maximum atomic E-state index is 11.3. The molecule has 20 heavy (non-hydrogen) atoms. The lowest BCUT2D eigenvalue weighted by Gasteiger charge is -2.41. The first-order valence-electron chi connectivity index (χ1n) is 9.68. The summed E-state index contributed by atoms with van der Waals surface area (Å²) in [5.41, 5.74) is -0.0762. The van der Waals surface area contributed by atoms with Crippen LogP contribution < -0.4 is 0 Å². The lowest BCUT2D eigenvalue weighted by molar-refractivity contribution is -0.0277. The van der Waals surface area contributed by atoms with Gasteiger partial charge in [0.2, 0.25) is 0 Å². The first-order chi connectivity index (χ1) is 11.5. The van der Waals surface area contributed by atoms with E-state index >= 15 is 0 Å². The van der Waals surface area contributed by atoms with Crippen molar-refractivity contribution in [1.29, 1.82) is 0 Å². The molecule has 1 saturated carbocycles. The lowest BCUT2D eigenvalue weighted by atomic mass is 9.72. The van der Waals surface area contributed by atoms with Gasteiger partial charge < -0.3 is 15.1 Å². The molecule has 1 aliphatic rings. The summed E-state index contributed by atoms with van der Waals surface area (Å²) in [6.07, 6.45) is 3.43. The largest absolute Gasteiger partial charge is 0.392 e. The molecule has 0 saturated heterocycles. The molecule has 0 unspecified atom stereocenters. The maximum absolute atomic E-state index is 11.3. The number of aliphatic hydroxyl groups excluding tert-OH is 1. The minimum absolute atomic E-state index is 0.128. The van der Waals surface area contributed by atoms with E-state index in [2.05, 4.69) is 0 Å². The molecule has 0 amide bonds. The second kappa shape index (κ2) is 6.70. The highest BCUT2D eigenvalue weighted by atomic mass is 16.3. The van der Waals surface area contributed by atoms with Gasteiger partial charge in [-0.25, -0.2) is 0 Å². The number of aliphatic hydroxyl groups is 2. The minimum atomic E-state index is -2.61. The Balaban J connectivity index is 2.51. The van der Waals surface area contributed by atoms with E-state index in [0.717, 1.165) is 24.2 Å². The molecule has 0 aromatic heterocycles. The van der Waals surface area contributed by atoms with Gasteiger partial charge in [0, 0.05) is 19.3 Å². The monoisotopic (exact) mass is 282 g/mol. The van der Waals surface area contributed by atoms with Gasteiger partial charge in [0.05, 0.1) is 12.2 Å². The molecule has 2 rings (SSSR count). The average Bonchev–Trinajstić information content (AvgIpc) is 2.54. The van der Waals surface area contributed by atoms with E-state index in [9.17, 15) is 10.2 Å². The Kier molecular flexibility index (Phi) is 3.33. The van der Waals surface area contributed by atoms with Gasteiger partial charge in [-0.05, 0) is 38.0 Å². The molecular formula is C17H27NO2. The lowest BCUT2D eigenvalue weighted by Crippen LogP contribution is -2.42. The zero-order valence-electron chi connectivity index (χ0n) is 17.0. The van der Waals surface area contributed by atoms with Crippen LogP contribution in [0.3, 0.4) is 0 Å². The molecule has 1 aliphatic carbocycles. The highest BCUT2D eigenvalue weighted by Crippen LogP contribution is 2.40. The van der Waals surface area contributed by atoms with Crippen LogP contribution in [-0.4, -0.2) is 41.2 Å². The molecule has 0 spiro atoms. The predicted molar refractivity (Wildman–Crippen MR) is 81.7 cm³/mol. The molecule has 1 fully saturated rings. The summed E-state index contributed by atoms with van der Waals surface area (Å²) in [5, 5.41) is 20.5. The molecule has 0 bridgehead atoms. The van der Waals surface area contributed by atoms with Crippen LogP contribution in [-0.2, 0) is 6.61 Å². The average molecular weight is 282 g/mol. The summed E-state index contributed by atoms with van der Waals surface area (Å²) < 4.78 is 39.9. The van der Waals surface area contributed by atoms with Crippen molar-refractivity contribution < 1.29 is 17.1 Å². The van der Waals surface area contributed by atoms with Crippen LogP contribution >= 0.6 is 0 Å². The molecular weight excluding hydrogens is 250 g/mol. The van der Waals surface area contributed by atoms with E-state index in [1.807, 2.05) is 0 Å². The Hall–Kier alpha value is -0.900. The van der Waals surface area contributed by atoms with Gasteiger partial charge in [-0.3, -0.25) is 0 Å². The van der Waals surface area contributed by atoms with E-state index in [0.29, 0.717) is 24.0 Å². The van der Waals surface area contributed by atoms with Gasteiger partial charge in [0.1, 0.15) is 0 Å². The van der Waals surface area contributed by atoms with Gasteiger partial charge in [-0.15, -0.1) is 0 Å². The van der Waals surface area contributed by atoms with Crippen LogP contribution in [0.5, 0.6) is 0 Å². The van der Waals surface area contributed by atoms with Crippen LogP contribution in [0.25, 0.3) is 0 Å². The summed E-state index contributed by atoms with van der Waals surface area (Å²) in [5.74, 6) is -1.00. The number of rotatable bonds is 5. The summed E-state index contributed by atoms with van der Waals surface area (Å²) in [6, 6.07) is 6.71. The second-order valence-corrected chi connectivity index (χ2v) is 5.69. The number of hydrogen-bond acceptors (Lipinski definition) is 3. The Labute approximate surface area is 129 Å². The van der Waals surface area contributed by atoms with Gasteiger partial charge in [-0.1, -0.05) is 43.5 Å². The third kappa shape index (κ3) is 3.60. The maximum Gasteiger partial charge on any atom is 0.0728 e. The van der Waals surface area contributed by atoms with Crippen LogP contribution in [0.4, 0.5) is 0 Å². The van der Waals surface area contributed by atoms with Gasteiger partial charge in [0.15, 0.2) is 0 Å². The molecule has 0 aliphatic heterocycles. The summed E-state index contributed by atoms with van der Waals surface area (Å²) in [6.45, 7) is -5.01. The van der Waals surface area contributed by atoms with Gasteiger partial charge >= 0.3 is 0 Å². The van der Waals surface area contributed by atoms with Crippen LogP contribution in [0, 0.1) is 0 Å². The third-order valence-electron chi connectivity index (χ3n) is 4.08. The van der Waals surface area contributed by atoms with Crippen molar-refractivity contribution in [2.45, 2.75) is 50.2 Å². The molecule has 1 atom stereocenters. The number of benzene rings is 1. The molecule has 0 radical (unpaired) electrons. The van der Waals surface area contributed by atoms with Gasteiger partial charge in [0.25, 0.3) is 0 Å². The minimum Gasteiger partial charge on any atom is -0.392 e. The standard InChI is InChI=1S/C17H27NO2/c1-18(2)12-16(17(20)10-4-3-5-11-17)15-8-6-14(13-19)7-9-15/h6-9,16,19-20H,3-5,10-13H2,1-2H3/t16-/m1/s1/i1D3,12D2. The predicted octanol–water partition coefficient (Wildman–Crippen LogP) is 2.52. The zero-order chi connectivity index (χ0) is 18.9. The molecule has 2 N–H and O–H groups in total. The first-order valence-corrected chi connectivity index (χ1v) is 7.18. The molecule has 0 heterocycles. The van der Waals surface area contributed by atoms with E-state index in [4.69, 9.17) is 6.85 Å². The topological polar surface area (TPSA) is 43.7 Å². The summed E-state index contributed by atoms with van der Waals surface area (Å²) in [7, 11) is 1.23. The summed E-state index contributed by atoms with van der Waals surface area (Å²) in [4.78, 5) is 0.733. The SMILES string of the molecule is [2H]C([2H])([2H])N(C)C([2H])([2H])[C@H](c1ccc(CO)cc1)C1(O)CCCCC1. The smallest absolute Gasteiger partial charge is 0.0728 e. The fourth-order valence-electron chi connectivity index (χ4n) is 2.97. The highest BCUT2D eigenvalue weighted by molar-refractivity contribution is 5.28. The van der Waals surface area contributed by atoms with E-state index in [1.54, 1.807) is 24.3 Å². The Morgan fingerprint density at radius 2 is 1.95 bits per heavy atom. The molecule has 1 aromatic carbocycles. The van der Waals surface area contributed by atoms with Crippen LogP contribution in [0.15, 0.2) is 24.3 Å². The Bertz CT molecular complexity index is 567. The number of likely N-dealkylation sites (N-methyl/N-ethyl adjacent to an activating group) is 1. The van der Waals surface area contributed by atoms with Gasteiger partial charge in [-0.2, -0.15) is 0 Å². The number of hydrogen-bond donors (Lipinski definition) is 2. The fourth-order valence-corrected chi connectivity index (χ4v) is 2.97. The first kappa shape index (κ1) is 9.93. The number of nitrogens with zero attached hydrogens (tertiary/aromatic N) is 1. The van der Waals surface area contributed by atoms with Crippen molar-refractivity contribution in [3.63, 3.8) is 0 Å². The Morgan fingerprint density at radius 1 is 1.30 bits per heavy atom. The second-order valence-electron chi connectivity index (χ2n) is 5.69. The molecule has 3 heteroatoms. The summed E-state index contributed by atoms with van der Waals surface area (Å²) >= 11 is 0. The highest BCUT2D eigenvalue weighted by Gasteiger charge is 2.38. The van der Waals surface area contributed by atoms with E-state index in [-0.39, 0.29) is 6.61 Å². The molecule has 112 valence electrons. The molecule has 3 nitrogen and oxygen atoms in total. The molecule has 1 aromatic rings. The zero-order valence-corrected chi connectivity index (χ0v) is 12.0. The van der Waals surface area contributed by atoms with Crippen LogP contribution in [0.2, 0.25) is 0 Å². The van der Waals surface area contributed by atoms with Crippen molar-refractivity contribution in [2.24, 2.45) is 0 Å². The van der Waals surface area contributed by atoms with Crippen molar-refractivity contribution in [1.82, 2.24) is 4.90 Å². The van der Waals surface area contributed by atoms with Crippen molar-refractivity contribution >= 4 is 0 Å². The van der Waals surface area contributed by atoms with E-state index in [1.165, 1.54) is 7.05 Å². The van der Waals surface area contributed by atoms with Crippen molar-refractivity contribution in [3.05, 3.63) is 35.4 Å². The third-order valence-corrected chi connectivity index (χ3v) is 4.08. The Morgan fingerprint density at radius 3 is 2.50 bits per heavy atom. The normalized spacial score (nSPS) is 25.1. The fraction of sp³-hybridized carbons (Fsp3) is 0.647. The van der Waals surface area contributed by atoms with E-state index < -0.39 is 25.0 Å². The van der Waals surface area contributed by atoms with Crippen molar-refractivity contribution in [3.8, 4) is 0 Å². The quantitative estimate of drug-likeness (QED) is 0.872.